The molecule has 0 radical (unpaired) electrons. The Hall–Kier alpha value is -3.71. The van der Waals surface area contributed by atoms with E-state index in [0.29, 0.717) is 18.1 Å². The van der Waals surface area contributed by atoms with Crippen LogP contribution in [-0.4, -0.2) is 124 Å². The van der Waals surface area contributed by atoms with Crippen LogP contribution in [0.3, 0.4) is 0 Å². The maximum atomic E-state index is 14.1. The van der Waals surface area contributed by atoms with Gasteiger partial charge < -0.3 is 73.3 Å². The Balaban J connectivity index is 1.53. The van der Waals surface area contributed by atoms with Crippen molar-refractivity contribution in [2.75, 3.05) is 26.4 Å². The van der Waals surface area contributed by atoms with Gasteiger partial charge in [-0.2, -0.15) is 0 Å². The third-order valence-electron chi connectivity index (χ3n) is 8.16. The van der Waals surface area contributed by atoms with Crippen molar-refractivity contribution in [3.05, 3.63) is 40.6 Å². The van der Waals surface area contributed by atoms with E-state index in [-0.39, 0.29) is 41.3 Å². The molecule has 2 aliphatic heterocycles. The molecule has 0 aliphatic carbocycles. The Morgan fingerprint density at radius 1 is 0.735 bits per heavy atom. The van der Waals surface area contributed by atoms with Crippen molar-refractivity contribution in [1.29, 1.82) is 0 Å². The summed E-state index contributed by atoms with van der Waals surface area (Å²) in [5.74, 6) is -0.199. The topological polar surface area (TPSA) is 236 Å². The molecule has 3 heterocycles. The van der Waals surface area contributed by atoms with Gasteiger partial charge in [-0.25, -0.2) is 0 Å². The van der Waals surface area contributed by atoms with E-state index in [9.17, 15) is 40.5 Å². The van der Waals surface area contributed by atoms with Crippen molar-refractivity contribution in [3.63, 3.8) is 0 Å². The van der Waals surface area contributed by atoms with Crippen LogP contribution in [0.25, 0.3) is 22.3 Å². The van der Waals surface area contributed by atoms with E-state index in [1.807, 2.05) is 0 Å². The fourth-order valence-electron chi connectivity index (χ4n) is 5.61. The Labute approximate surface area is 280 Å². The fourth-order valence-corrected chi connectivity index (χ4v) is 5.61. The van der Waals surface area contributed by atoms with Gasteiger partial charge in [0.1, 0.15) is 65.2 Å². The van der Waals surface area contributed by atoms with Crippen molar-refractivity contribution in [3.8, 4) is 40.1 Å². The van der Waals surface area contributed by atoms with E-state index in [1.54, 1.807) is 39.0 Å². The van der Waals surface area contributed by atoms with Crippen LogP contribution in [0.5, 0.6) is 28.7 Å². The highest BCUT2D eigenvalue weighted by molar-refractivity contribution is 5.88. The summed E-state index contributed by atoms with van der Waals surface area (Å²) in [4.78, 5) is 14.1. The lowest BCUT2D eigenvalue weighted by molar-refractivity contribution is -0.318. The summed E-state index contributed by atoms with van der Waals surface area (Å²) in [6.45, 7) is 7.12. The van der Waals surface area contributed by atoms with Crippen LogP contribution in [-0.2, 0) is 14.2 Å². The lowest BCUT2D eigenvalue weighted by Gasteiger charge is -2.42. The van der Waals surface area contributed by atoms with Crippen molar-refractivity contribution in [1.82, 2.24) is 0 Å². The number of aromatic hydroxyl groups is 1. The van der Waals surface area contributed by atoms with Gasteiger partial charge in [0.15, 0.2) is 23.5 Å². The highest BCUT2D eigenvalue weighted by atomic mass is 16.7. The molecule has 49 heavy (non-hydrogen) atoms. The number of phenolic OH excluding ortho intramolecular Hbond substituents is 1. The molecular formula is C33H42O16. The quantitative estimate of drug-likeness (QED) is 0.136. The molecule has 16 heteroatoms. The van der Waals surface area contributed by atoms with Crippen LogP contribution < -0.4 is 24.4 Å². The number of hydrogen-bond acceptors (Lipinski definition) is 16. The highest BCUT2D eigenvalue weighted by Crippen LogP contribution is 2.40. The Morgan fingerprint density at radius 3 is 2.08 bits per heavy atom. The maximum Gasteiger partial charge on any atom is 0.239 e. The number of phenols is 1. The first kappa shape index (κ1) is 36.6. The van der Waals surface area contributed by atoms with Crippen LogP contribution in [0.1, 0.15) is 27.7 Å². The summed E-state index contributed by atoms with van der Waals surface area (Å²) in [7, 11) is 0. The minimum atomic E-state index is -1.91. The van der Waals surface area contributed by atoms with E-state index >= 15 is 0 Å². The van der Waals surface area contributed by atoms with Gasteiger partial charge in [0.2, 0.25) is 17.5 Å². The van der Waals surface area contributed by atoms with Crippen molar-refractivity contribution in [2.24, 2.45) is 0 Å². The summed E-state index contributed by atoms with van der Waals surface area (Å²) in [6.07, 6.45) is -15.7. The van der Waals surface area contributed by atoms with E-state index in [4.69, 9.17) is 37.6 Å². The third kappa shape index (κ3) is 7.42. The summed E-state index contributed by atoms with van der Waals surface area (Å²) in [5.41, 5.74) is -0.651. The molecule has 0 unspecified atom stereocenters. The van der Waals surface area contributed by atoms with Crippen LogP contribution in [0, 0.1) is 0 Å². The molecule has 2 fully saturated rings. The normalized spacial score (nSPS) is 30.2. The van der Waals surface area contributed by atoms with E-state index in [0.717, 1.165) is 0 Å². The second kappa shape index (κ2) is 15.5. The van der Waals surface area contributed by atoms with Gasteiger partial charge in [-0.15, -0.1) is 0 Å². The molecule has 0 spiro atoms. The Bertz CT molecular complexity index is 1640. The van der Waals surface area contributed by atoms with Crippen molar-refractivity contribution < 1.29 is 73.3 Å². The lowest BCUT2D eigenvalue weighted by atomic mass is 9.98. The SMILES string of the molecule is CCOc1cc(O)c2c(=O)c(O[C@H]3O[C@H](CO[C@@H]4O[C@@H](C)[C@H](O)[C@@H](O)[C@H]4O)[C@@H](O)[C@H](O)[C@H]3O)c(-c3ccc(OCC)c(OCC)c3)oc2c1. The second-order valence-electron chi connectivity index (χ2n) is 11.5. The summed E-state index contributed by atoms with van der Waals surface area (Å²) >= 11 is 0. The van der Waals surface area contributed by atoms with Gasteiger partial charge in [-0.05, 0) is 45.9 Å². The molecule has 3 aromatic rings. The minimum absolute atomic E-state index is 0.0536. The lowest BCUT2D eigenvalue weighted by Crippen LogP contribution is -2.61. The molecule has 2 aromatic carbocycles. The van der Waals surface area contributed by atoms with E-state index < -0.39 is 84.9 Å². The predicted octanol–water partition coefficient (Wildman–Crippen LogP) is 0.392. The zero-order chi connectivity index (χ0) is 35.6. The van der Waals surface area contributed by atoms with Gasteiger partial charge in [-0.3, -0.25) is 4.79 Å². The Morgan fingerprint density at radius 2 is 1.39 bits per heavy atom. The molecule has 0 amide bonds. The first-order chi connectivity index (χ1) is 23.4. The van der Waals surface area contributed by atoms with Gasteiger partial charge >= 0.3 is 0 Å². The van der Waals surface area contributed by atoms with Gasteiger partial charge in [0, 0.05) is 17.7 Å². The van der Waals surface area contributed by atoms with Crippen molar-refractivity contribution in [2.45, 2.75) is 89.1 Å². The first-order valence-corrected chi connectivity index (χ1v) is 15.9. The van der Waals surface area contributed by atoms with Crippen LogP contribution in [0.15, 0.2) is 39.5 Å². The molecule has 5 rings (SSSR count). The molecule has 2 saturated heterocycles. The maximum absolute atomic E-state index is 14.1. The first-order valence-electron chi connectivity index (χ1n) is 15.9. The van der Waals surface area contributed by atoms with Crippen molar-refractivity contribution >= 4 is 11.0 Å². The molecule has 0 saturated carbocycles. The van der Waals surface area contributed by atoms with E-state index in [2.05, 4.69) is 0 Å². The zero-order valence-electron chi connectivity index (χ0n) is 27.3. The molecule has 7 N–H and O–H groups in total. The molecule has 10 atom stereocenters. The third-order valence-corrected chi connectivity index (χ3v) is 8.16. The number of benzene rings is 2. The number of aliphatic hydroxyl groups excluding tert-OH is 6. The highest BCUT2D eigenvalue weighted by Gasteiger charge is 2.48. The monoisotopic (exact) mass is 694 g/mol. The number of rotatable bonds is 12. The minimum Gasteiger partial charge on any atom is -0.507 e. The Kier molecular flexibility index (Phi) is 11.5. The van der Waals surface area contributed by atoms with Gasteiger partial charge in [0.05, 0.1) is 32.5 Å². The second-order valence-corrected chi connectivity index (χ2v) is 11.5. The van der Waals surface area contributed by atoms with Crippen LogP contribution >= 0.6 is 0 Å². The predicted molar refractivity (Wildman–Crippen MR) is 169 cm³/mol. The summed E-state index contributed by atoms with van der Waals surface area (Å²) in [6, 6.07) is 7.38. The smallest absolute Gasteiger partial charge is 0.239 e. The van der Waals surface area contributed by atoms with Crippen LogP contribution in [0.4, 0.5) is 0 Å². The van der Waals surface area contributed by atoms with Crippen LogP contribution in [0.2, 0.25) is 0 Å². The summed E-state index contributed by atoms with van der Waals surface area (Å²) < 4.78 is 45.7. The molecule has 1 aromatic heterocycles. The standard InChI is InChI=1S/C33H42O16/c1-5-42-16-11-17(34)22-20(12-16)47-30(15-8-9-18(43-6-2)19(10-15)44-7-3)31(25(22)37)49-33-29(41)27(39)24(36)21(48-33)13-45-32-28(40)26(38)23(35)14(4)46-32/h8-12,14,21,23-24,26-29,32-36,38-41H,5-7,13H2,1-4H3/t14-,21+,23-,24+,26+,27-,28+,29+,32+,33+/m0/s1. The fraction of sp³-hybridized carbons (Fsp3) is 0.545. The number of ether oxygens (including phenoxy) is 7. The molecule has 0 bridgehead atoms. The number of aliphatic hydroxyl groups is 6. The average Bonchev–Trinajstić information content (AvgIpc) is 3.07. The molecular weight excluding hydrogens is 652 g/mol. The summed E-state index contributed by atoms with van der Waals surface area (Å²) in [5, 5.41) is 73.3. The number of fused-ring (bicyclic) bond motifs is 1. The van der Waals surface area contributed by atoms with Gasteiger partial charge in [0.25, 0.3) is 0 Å². The molecule has 16 nitrogen and oxygen atoms in total. The average molecular weight is 695 g/mol. The zero-order valence-corrected chi connectivity index (χ0v) is 27.3. The van der Waals surface area contributed by atoms with E-state index in [1.165, 1.54) is 19.1 Å². The van der Waals surface area contributed by atoms with Gasteiger partial charge in [-0.1, -0.05) is 0 Å². The largest absolute Gasteiger partial charge is 0.507 e. The molecule has 2 aliphatic rings. The molecule has 270 valence electrons. The number of hydrogen-bond donors (Lipinski definition) is 7.